The van der Waals surface area contributed by atoms with Crippen LogP contribution in [0.3, 0.4) is 0 Å². The molecule has 0 atom stereocenters. The molecule has 6 heteroatoms. The van der Waals surface area contributed by atoms with E-state index in [9.17, 15) is 18.0 Å². The highest BCUT2D eigenvalue weighted by Crippen LogP contribution is 2.31. The molecule has 110 valence electrons. The normalized spacial score (nSPS) is 11.2. The van der Waals surface area contributed by atoms with E-state index in [4.69, 9.17) is 0 Å². The van der Waals surface area contributed by atoms with Gasteiger partial charge in [0.05, 0.1) is 5.56 Å². The predicted molar refractivity (Wildman–Crippen MR) is 81.8 cm³/mol. The number of carbonyl (C=O) groups is 1. The molecule has 0 aliphatic heterocycles. The fourth-order valence-corrected chi connectivity index (χ4v) is 2.19. The predicted octanol–water partition coefficient (Wildman–Crippen LogP) is 4.24. The number of hydrogen-bond donors (Lipinski definition) is 1. The first-order chi connectivity index (χ1) is 9.88. The lowest BCUT2D eigenvalue weighted by atomic mass is 10.1. The van der Waals surface area contributed by atoms with Crippen LogP contribution in [0.4, 0.5) is 13.2 Å². The molecule has 0 spiro atoms. The molecule has 0 heterocycles. The Kier molecular flexibility index (Phi) is 4.87. The summed E-state index contributed by atoms with van der Waals surface area (Å²) in [5, 5.41) is 2.51. The van der Waals surface area contributed by atoms with Crippen molar-refractivity contribution in [2.24, 2.45) is 0 Å². The summed E-state index contributed by atoms with van der Waals surface area (Å²) in [7, 11) is 0. The highest BCUT2D eigenvalue weighted by molar-refractivity contribution is 14.1. The number of halogens is 4. The molecule has 2 nitrogen and oxygen atoms in total. The van der Waals surface area contributed by atoms with Crippen molar-refractivity contribution in [2.75, 3.05) is 0 Å². The molecule has 21 heavy (non-hydrogen) atoms. The smallest absolute Gasteiger partial charge is 0.348 e. The fraction of sp³-hybridized carbons (Fsp3) is 0.133. The third kappa shape index (κ3) is 4.20. The standard InChI is InChI=1S/C15H11F3INO/c16-15(17,18)13-4-2-1-3-11(13)9-20-14(21)10-5-7-12(19)8-6-10/h1-8H,9H2,(H,20,21). The number of nitrogens with one attached hydrogen (secondary N) is 1. The lowest BCUT2D eigenvalue weighted by molar-refractivity contribution is -0.138. The molecule has 0 saturated carbocycles. The number of hydrogen-bond acceptors (Lipinski definition) is 1. The lowest BCUT2D eigenvalue weighted by Gasteiger charge is -2.13. The Labute approximate surface area is 133 Å². The third-order valence-corrected chi connectivity index (χ3v) is 3.59. The highest BCUT2D eigenvalue weighted by Gasteiger charge is 2.32. The second-order valence-corrected chi connectivity index (χ2v) is 5.59. The average Bonchev–Trinajstić information content (AvgIpc) is 2.45. The van der Waals surface area contributed by atoms with Crippen LogP contribution in [-0.4, -0.2) is 5.91 Å². The molecule has 0 bridgehead atoms. The van der Waals surface area contributed by atoms with Crippen molar-refractivity contribution in [3.63, 3.8) is 0 Å². The quantitative estimate of drug-likeness (QED) is 0.761. The maximum Gasteiger partial charge on any atom is 0.416 e. The molecule has 0 radical (unpaired) electrons. The van der Waals surface area contributed by atoms with Gasteiger partial charge in [-0.2, -0.15) is 13.2 Å². The summed E-state index contributed by atoms with van der Waals surface area (Å²) in [6, 6.07) is 12.0. The van der Waals surface area contributed by atoms with Crippen molar-refractivity contribution in [3.05, 3.63) is 68.8 Å². The van der Waals surface area contributed by atoms with Crippen molar-refractivity contribution in [1.82, 2.24) is 5.32 Å². The zero-order chi connectivity index (χ0) is 15.5. The van der Waals surface area contributed by atoms with Gasteiger partial charge in [-0.1, -0.05) is 18.2 Å². The van der Waals surface area contributed by atoms with Crippen molar-refractivity contribution in [1.29, 1.82) is 0 Å². The van der Waals surface area contributed by atoms with E-state index >= 15 is 0 Å². The summed E-state index contributed by atoms with van der Waals surface area (Å²) in [6.45, 7) is -0.166. The van der Waals surface area contributed by atoms with Gasteiger partial charge in [0, 0.05) is 15.7 Å². The molecule has 1 N–H and O–H groups in total. The molecule has 0 fully saturated rings. The van der Waals surface area contributed by atoms with Crippen LogP contribution >= 0.6 is 22.6 Å². The average molecular weight is 405 g/mol. The van der Waals surface area contributed by atoms with Gasteiger partial charge in [-0.3, -0.25) is 4.79 Å². The van der Waals surface area contributed by atoms with Gasteiger partial charge in [0.2, 0.25) is 0 Å². The molecule has 0 unspecified atom stereocenters. The van der Waals surface area contributed by atoms with Gasteiger partial charge in [-0.15, -0.1) is 0 Å². The number of alkyl halides is 3. The van der Waals surface area contributed by atoms with Crippen LogP contribution in [0.5, 0.6) is 0 Å². The first-order valence-electron chi connectivity index (χ1n) is 6.07. The van der Waals surface area contributed by atoms with E-state index in [0.29, 0.717) is 5.56 Å². The van der Waals surface area contributed by atoms with Gasteiger partial charge in [-0.25, -0.2) is 0 Å². The van der Waals surface area contributed by atoms with Gasteiger partial charge in [-0.05, 0) is 58.5 Å². The highest BCUT2D eigenvalue weighted by atomic mass is 127. The van der Waals surface area contributed by atoms with Gasteiger partial charge >= 0.3 is 6.18 Å². The minimum absolute atomic E-state index is 0.0452. The van der Waals surface area contributed by atoms with Gasteiger partial charge in [0.25, 0.3) is 5.91 Å². The summed E-state index contributed by atoms with van der Waals surface area (Å²) in [5.41, 5.74) is -0.267. The number of benzene rings is 2. The molecule has 0 aliphatic carbocycles. The molecule has 0 aromatic heterocycles. The van der Waals surface area contributed by atoms with E-state index in [1.165, 1.54) is 18.2 Å². The monoisotopic (exact) mass is 405 g/mol. The van der Waals surface area contributed by atoms with Crippen LogP contribution < -0.4 is 5.32 Å². The van der Waals surface area contributed by atoms with E-state index in [1.54, 1.807) is 24.3 Å². The summed E-state index contributed by atoms with van der Waals surface area (Å²) in [6.07, 6.45) is -4.43. The maximum atomic E-state index is 12.8. The molecule has 2 rings (SSSR count). The summed E-state index contributed by atoms with van der Waals surface area (Å²) < 4.78 is 39.5. The van der Waals surface area contributed by atoms with E-state index in [0.717, 1.165) is 9.64 Å². The minimum atomic E-state index is -4.43. The van der Waals surface area contributed by atoms with Crippen LogP contribution in [0, 0.1) is 3.57 Å². The Morgan fingerprint density at radius 3 is 2.29 bits per heavy atom. The van der Waals surface area contributed by atoms with E-state index in [-0.39, 0.29) is 12.1 Å². The minimum Gasteiger partial charge on any atom is -0.348 e. The molecule has 2 aromatic carbocycles. The van der Waals surface area contributed by atoms with Crippen molar-refractivity contribution < 1.29 is 18.0 Å². The lowest BCUT2D eigenvalue weighted by Crippen LogP contribution is -2.24. The Morgan fingerprint density at radius 1 is 1.05 bits per heavy atom. The van der Waals surface area contributed by atoms with Crippen molar-refractivity contribution in [2.45, 2.75) is 12.7 Å². The SMILES string of the molecule is O=C(NCc1ccccc1C(F)(F)F)c1ccc(I)cc1. The first kappa shape index (κ1) is 15.8. The largest absolute Gasteiger partial charge is 0.416 e. The van der Waals surface area contributed by atoms with E-state index in [2.05, 4.69) is 27.9 Å². The number of carbonyl (C=O) groups excluding carboxylic acids is 1. The summed E-state index contributed by atoms with van der Waals surface area (Å²) in [5.74, 6) is -0.400. The van der Waals surface area contributed by atoms with Gasteiger partial charge in [0.15, 0.2) is 0 Å². The molecule has 1 amide bonds. The van der Waals surface area contributed by atoms with Crippen molar-refractivity contribution in [3.8, 4) is 0 Å². The Hall–Kier alpha value is -1.57. The Bertz CT molecular complexity index is 638. The van der Waals surface area contributed by atoms with Gasteiger partial charge < -0.3 is 5.32 Å². The van der Waals surface area contributed by atoms with E-state index < -0.39 is 17.6 Å². The van der Waals surface area contributed by atoms with Crippen LogP contribution in [0.1, 0.15) is 21.5 Å². The van der Waals surface area contributed by atoms with E-state index in [1.807, 2.05) is 0 Å². The summed E-state index contributed by atoms with van der Waals surface area (Å²) >= 11 is 2.11. The van der Waals surface area contributed by atoms with Crippen LogP contribution in [-0.2, 0) is 12.7 Å². The zero-order valence-corrected chi connectivity index (χ0v) is 12.9. The van der Waals surface area contributed by atoms with Crippen LogP contribution in [0.15, 0.2) is 48.5 Å². The Balaban J connectivity index is 2.10. The molecular weight excluding hydrogens is 394 g/mol. The number of rotatable bonds is 3. The maximum absolute atomic E-state index is 12.8. The molecular formula is C15H11F3INO. The molecule has 0 aliphatic rings. The number of amides is 1. The Morgan fingerprint density at radius 2 is 1.67 bits per heavy atom. The van der Waals surface area contributed by atoms with Crippen LogP contribution in [0.2, 0.25) is 0 Å². The summed E-state index contributed by atoms with van der Waals surface area (Å²) in [4.78, 5) is 11.9. The van der Waals surface area contributed by atoms with Gasteiger partial charge in [0.1, 0.15) is 0 Å². The molecule has 0 saturated heterocycles. The topological polar surface area (TPSA) is 29.1 Å². The third-order valence-electron chi connectivity index (χ3n) is 2.87. The fourth-order valence-electron chi connectivity index (χ4n) is 1.83. The van der Waals surface area contributed by atoms with Crippen LogP contribution in [0.25, 0.3) is 0 Å². The second kappa shape index (κ2) is 6.46. The zero-order valence-electron chi connectivity index (χ0n) is 10.7. The van der Waals surface area contributed by atoms with Crippen molar-refractivity contribution >= 4 is 28.5 Å². The first-order valence-corrected chi connectivity index (χ1v) is 7.14. The molecule has 2 aromatic rings. The second-order valence-electron chi connectivity index (χ2n) is 4.34.